The summed E-state index contributed by atoms with van der Waals surface area (Å²) in [6.07, 6.45) is 2.48. The van der Waals surface area contributed by atoms with E-state index in [0.29, 0.717) is 18.3 Å². The van der Waals surface area contributed by atoms with E-state index >= 15 is 0 Å². The molecule has 36 heavy (non-hydrogen) atoms. The summed E-state index contributed by atoms with van der Waals surface area (Å²) >= 11 is 0. The molecule has 0 bridgehead atoms. The van der Waals surface area contributed by atoms with E-state index in [2.05, 4.69) is 40.8 Å². The number of rotatable bonds is 7. The van der Waals surface area contributed by atoms with Crippen molar-refractivity contribution in [2.75, 3.05) is 16.8 Å². The van der Waals surface area contributed by atoms with Crippen LogP contribution in [-0.4, -0.2) is 36.4 Å². The van der Waals surface area contributed by atoms with Gasteiger partial charge in [0.2, 0.25) is 0 Å². The van der Waals surface area contributed by atoms with Gasteiger partial charge in [-0.15, -0.1) is 0 Å². The van der Waals surface area contributed by atoms with Crippen LogP contribution in [0.15, 0.2) is 59.8 Å². The van der Waals surface area contributed by atoms with Crippen molar-refractivity contribution in [2.45, 2.75) is 44.3 Å². The molecule has 8 nitrogen and oxygen atoms in total. The Labute approximate surface area is 208 Å². The summed E-state index contributed by atoms with van der Waals surface area (Å²) in [6.45, 7) is 6.81. The topological polar surface area (TPSA) is 104 Å². The van der Waals surface area contributed by atoms with Crippen molar-refractivity contribution in [3.8, 4) is 0 Å². The van der Waals surface area contributed by atoms with Crippen LogP contribution in [-0.2, 0) is 16.6 Å². The van der Waals surface area contributed by atoms with Gasteiger partial charge in [0.25, 0.3) is 15.9 Å². The van der Waals surface area contributed by atoms with Crippen LogP contribution in [0.25, 0.3) is 0 Å². The fourth-order valence-electron chi connectivity index (χ4n) is 4.51. The largest absolute Gasteiger partial charge is 0.366 e. The minimum Gasteiger partial charge on any atom is -0.366 e. The third-order valence-corrected chi connectivity index (χ3v) is 7.31. The van der Waals surface area contributed by atoms with E-state index in [4.69, 9.17) is 0 Å². The van der Waals surface area contributed by atoms with Crippen molar-refractivity contribution in [1.82, 2.24) is 14.7 Å². The van der Waals surface area contributed by atoms with E-state index in [-0.39, 0.29) is 29.0 Å². The molecular weight excluding hydrogens is 488 g/mol. The quantitative estimate of drug-likeness (QED) is 0.488. The lowest BCUT2D eigenvalue weighted by molar-refractivity contribution is 0.0981. The Morgan fingerprint density at radius 1 is 1.14 bits per heavy atom. The molecule has 3 aromatic rings. The molecule has 1 amide bonds. The van der Waals surface area contributed by atoms with E-state index in [1.165, 1.54) is 36.4 Å². The van der Waals surface area contributed by atoms with Gasteiger partial charge < -0.3 is 10.2 Å². The molecule has 1 atom stereocenters. The van der Waals surface area contributed by atoms with Crippen LogP contribution in [0.5, 0.6) is 0 Å². The van der Waals surface area contributed by atoms with Gasteiger partial charge in [-0.3, -0.25) is 4.79 Å². The molecule has 190 valence electrons. The summed E-state index contributed by atoms with van der Waals surface area (Å²) in [5.74, 6) is -1.88. The minimum atomic E-state index is -4.34. The Hall–Kier alpha value is -3.60. The number of pyridine rings is 2. The fourth-order valence-corrected chi connectivity index (χ4v) is 5.45. The second kappa shape index (κ2) is 9.81. The van der Waals surface area contributed by atoms with Gasteiger partial charge in [-0.1, -0.05) is 25.1 Å². The minimum absolute atomic E-state index is 0.0571. The van der Waals surface area contributed by atoms with Gasteiger partial charge >= 0.3 is 0 Å². The van der Waals surface area contributed by atoms with Crippen LogP contribution in [0.1, 0.15) is 43.1 Å². The lowest BCUT2D eigenvalue weighted by Gasteiger charge is -2.33. The van der Waals surface area contributed by atoms with Crippen molar-refractivity contribution >= 4 is 27.6 Å². The summed E-state index contributed by atoms with van der Waals surface area (Å²) in [5.41, 5.74) is -0.0505. The molecule has 2 N–H and O–H groups in total. The third-order valence-electron chi connectivity index (χ3n) is 6.08. The van der Waals surface area contributed by atoms with Crippen molar-refractivity contribution in [3.63, 3.8) is 0 Å². The Morgan fingerprint density at radius 3 is 2.61 bits per heavy atom. The highest BCUT2D eigenvalue weighted by molar-refractivity contribution is 7.90. The number of nitrogens with one attached hydrogen (secondary N) is 2. The monoisotopic (exact) mass is 515 g/mol. The van der Waals surface area contributed by atoms with E-state index in [1.807, 2.05) is 4.90 Å². The number of nitrogens with zero attached hydrogens (tertiary/aromatic N) is 3. The predicted octanol–water partition coefficient (Wildman–Crippen LogP) is 4.11. The first-order chi connectivity index (χ1) is 17.0. The van der Waals surface area contributed by atoms with Crippen molar-refractivity contribution in [1.29, 1.82) is 0 Å². The highest BCUT2D eigenvalue weighted by atomic mass is 32.2. The number of aromatic nitrogens is 2. The van der Waals surface area contributed by atoms with Crippen molar-refractivity contribution < 1.29 is 22.0 Å². The molecule has 4 rings (SSSR count). The summed E-state index contributed by atoms with van der Waals surface area (Å²) in [4.78, 5) is 23.5. The van der Waals surface area contributed by atoms with E-state index < -0.39 is 32.6 Å². The fraction of sp³-hybridized carbons (Fsp3) is 0.320. The van der Waals surface area contributed by atoms with Crippen LogP contribution in [0.2, 0.25) is 0 Å². The van der Waals surface area contributed by atoms with Gasteiger partial charge in [0.15, 0.2) is 16.7 Å². The predicted molar refractivity (Wildman–Crippen MR) is 132 cm³/mol. The first kappa shape index (κ1) is 25.5. The maximum atomic E-state index is 13.9. The lowest BCUT2D eigenvalue weighted by Crippen LogP contribution is -2.41. The standard InChI is InChI=1S/C25H27F2N5O3S/c1-16-13-25(2,3)32(15-16)23-18(8-6-12-28-23)24(33)31-36(34,35)21-11-5-10-20(30-21)29-14-17-7-4-9-19(26)22(17)27/h4-12,16H,13-15H2,1-3H3,(H,29,30)(H,31,33). The molecule has 1 aliphatic rings. The number of amides is 1. The molecular formula is C25H27F2N5O3S. The number of benzene rings is 1. The summed E-state index contributed by atoms with van der Waals surface area (Å²) < 4.78 is 55.4. The number of anilines is 2. The molecule has 1 aliphatic heterocycles. The Bertz CT molecular complexity index is 1400. The van der Waals surface area contributed by atoms with E-state index in [0.717, 1.165) is 12.5 Å². The van der Waals surface area contributed by atoms with Crippen LogP contribution in [0, 0.1) is 17.6 Å². The molecule has 11 heteroatoms. The van der Waals surface area contributed by atoms with Gasteiger partial charge in [0.05, 0.1) is 5.56 Å². The number of carbonyl (C=O) groups is 1. The van der Waals surface area contributed by atoms with Crippen molar-refractivity contribution in [2.24, 2.45) is 5.92 Å². The number of sulfonamides is 1. The van der Waals surface area contributed by atoms with E-state index in [1.54, 1.807) is 12.3 Å². The highest BCUT2D eigenvalue weighted by Gasteiger charge is 2.39. The SMILES string of the molecule is CC1CN(c2ncccc2C(=O)NS(=O)(=O)c2cccc(NCc3cccc(F)c3F)n2)C(C)(C)C1. The molecule has 0 aliphatic carbocycles. The maximum absolute atomic E-state index is 13.9. The van der Waals surface area contributed by atoms with Gasteiger partial charge in [-0.05, 0) is 56.5 Å². The molecule has 1 aromatic carbocycles. The van der Waals surface area contributed by atoms with Crippen molar-refractivity contribution in [3.05, 3.63) is 77.5 Å². The summed E-state index contributed by atoms with van der Waals surface area (Å²) in [5, 5.41) is 2.37. The highest BCUT2D eigenvalue weighted by Crippen LogP contribution is 2.37. The zero-order valence-electron chi connectivity index (χ0n) is 20.1. The van der Waals surface area contributed by atoms with Crippen LogP contribution in [0.4, 0.5) is 20.4 Å². The second-order valence-corrected chi connectivity index (χ2v) is 11.1. The molecule has 0 spiro atoms. The van der Waals surface area contributed by atoms with Crippen LogP contribution >= 0.6 is 0 Å². The molecule has 1 saturated heterocycles. The van der Waals surface area contributed by atoms with Gasteiger partial charge in [-0.25, -0.2) is 23.5 Å². The number of halogens is 2. The van der Waals surface area contributed by atoms with Gasteiger partial charge in [0, 0.05) is 30.4 Å². The Kier molecular flexibility index (Phi) is 6.94. The van der Waals surface area contributed by atoms with E-state index in [9.17, 15) is 22.0 Å². The first-order valence-corrected chi connectivity index (χ1v) is 12.9. The number of carbonyl (C=O) groups excluding carboxylic acids is 1. The molecule has 2 aromatic heterocycles. The molecule has 1 unspecified atom stereocenters. The number of hydrogen-bond acceptors (Lipinski definition) is 7. The smallest absolute Gasteiger partial charge is 0.281 e. The second-order valence-electron chi connectivity index (χ2n) is 9.47. The molecule has 0 saturated carbocycles. The average molecular weight is 516 g/mol. The Morgan fingerprint density at radius 2 is 1.89 bits per heavy atom. The van der Waals surface area contributed by atoms with Gasteiger partial charge in [-0.2, -0.15) is 8.42 Å². The number of hydrogen-bond donors (Lipinski definition) is 2. The molecule has 0 radical (unpaired) electrons. The van der Waals surface area contributed by atoms with Crippen LogP contribution < -0.4 is 14.9 Å². The maximum Gasteiger partial charge on any atom is 0.281 e. The van der Waals surface area contributed by atoms with Gasteiger partial charge in [0.1, 0.15) is 11.6 Å². The van der Waals surface area contributed by atoms with Crippen LogP contribution in [0.3, 0.4) is 0 Å². The average Bonchev–Trinajstić information content (AvgIpc) is 3.11. The normalized spacial score (nSPS) is 17.1. The lowest BCUT2D eigenvalue weighted by atomic mass is 9.97. The zero-order valence-corrected chi connectivity index (χ0v) is 20.9. The summed E-state index contributed by atoms with van der Waals surface area (Å²) in [6, 6.07) is 11.0. The third kappa shape index (κ3) is 5.30. The molecule has 1 fully saturated rings. The summed E-state index contributed by atoms with van der Waals surface area (Å²) in [7, 11) is -4.34. The first-order valence-electron chi connectivity index (χ1n) is 11.4. The Balaban J connectivity index is 1.53. The molecule has 3 heterocycles. The zero-order chi connectivity index (χ0) is 26.1.